The zero-order valence-electron chi connectivity index (χ0n) is 19.0. The standard InChI is InChI=1S/C23H28F3N5O.2ClH/c1-2-3-4-20-14-29(10-9-23(24,25)26)22(32)16-30(20)15-21-12-28-17-31(21)13-19-7-5-18(11-27)6-8-19;;/h5-8,12,17,20H,2-4,9-10,13-16H2,1H3;2*1H. The van der Waals surface area contributed by atoms with Gasteiger partial charge in [0.05, 0.1) is 36.6 Å². The second-order valence-corrected chi connectivity index (χ2v) is 8.23. The van der Waals surface area contributed by atoms with Gasteiger partial charge in [0.2, 0.25) is 5.91 Å². The smallest absolute Gasteiger partial charge is 0.340 e. The average Bonchev–Trinajstić information content (AvgIpc) is 3.18. The second kappa shape index (κ2) is 13.6. The Morgan fingerprint density at radius 2 is 1.88 bits per heavy atom. The molecule has 1 aromatic heterocycles. The summed E-state index contributed by atoms with van der Waals surface area (Å²) in [5.41, 5.74) is 2.56. The lowest BCUT2D eigenvalue weighted by molar-refractivity contribution is -0.151. The largest absolute Gasteiger partial charge is 0.390 e. The lowest BCUT2D eigenvalue weighted by atomic mass is 10.0. The summed E-state index contributed by atoms with van der Waals surface area (Å²) in [6.07, 6.45) is 1.02. The molecular formula is C23H30Cl2F3N5O. The molecule has 2 heterocycles. The Morgan fingerprint density at radius 3 is 2.50 bits per heavy atom. The van der Waals surface area contributed by atoms with Gasteiger partial charge in [-0.1, -0.05) is 31.9 Å². The first kappa shape index (κ1) is 29.8. The van der Waals surface area contributed by atoms with Crippen molar-refractivity contribution in [2.45, 2.75) is 57.9 Å². The third kappa shape index (κ3) is 8.49. The molecule has 3 rings (SSSR count). The molecule has 2 aromatic rings. The number of halogens is 5. The van der Waals surface area contributed by atoms with E-state index >= 15 is 0 Å². The Bertz CT molecular complexity index is 943. The fourth-order valence-electron chi connectivity index (χ4n) is 3.96. The summed E-state index contributed by atoms with van der Waals surface area (Å²) in [7, 11) is 0. The van der Waals surface area contributed by atoms with E-state index in [0.29, 0.717) is 25.2 Å². The van der Waals surface area contributed by atoms with Crippen molar-refractivity contribution < 1.29 is 18.0 Å². The van der Waals surface area contributed by atoms with Crippen LogP contribution in [0.3, 0.4) is 0 Å². The number of carbonyl (C=O) groups excluding carboxylic acids is 1. The predicted molar refractivity (Wildman–Crippen MR) is 128 cm³/mol. The minimum absolute atomic E-state index is 0. The van der Waals surface area contributed by atoms with E-state index in [9.17, 15) is 18.0 Å². The van der Waals surface area contributed by atoms with Crippen LogP contribution in [0.25, 0.3) is 0 Å². The third-order valence-corrected chi connectivity index (χ3v) is 5.79. The Balaban J connectivity index is 0.00000289. The third-order valence-electron chi connectivity index (χ3n) is 5.79. The lowest BCUT2D eigenvalue weighted by Crippen LogP contribution is -2.56. The highest BCUT2D eigenvalue weighted by Gasteiger charge is 2.35. The summed E-state index contributed by atoms with van der Waals surface area (Å²) < 4.78 is 40.0. The number of unbranched alkanes of at least 4 members (excludes halogenated alkanes) is 1. The molecule has 1 aliphatic rings. The van der Waals surface area contributed by atoms with Crippen molar-refractivity contribution in [3.05, 3.63) is 53.6 Å². The van der Waals surface area contributed by atoms with E-state index in [4.69, 9.17) is 5.26 Å². The first-order chi connectivity index (χ1) is 15.3. The molecule has 0 bridgehead atoms. The lowest BCUT2D eigenvalue weighted by Gasteiger charge is -2.41. The maximum absolute atomic E-state index is 12.7. The molecule has 1 aromatic carbocycles. The van der Waals surface area contributed by atoms with Crippen LogP contribution in [-0.2, 0) is 17.9 Å². The molecule has 0 N–H and O–H groups in total. The molecule has 1 atom stereocenters. The van der Waals surface area contributed by atoms with Crippen LogP contribution >= 0.6 is 24.8 Å². The number of carbonyl (C=O) groups is 1. The Labute approximate surface area is 210 Å². The van der Waals surface area contributed by atoms with Crippen molar-refractivity contribution in [1.29, 1.82) is 5.26 Å². The summed E-state index contributed by atoms with van der Waals surface area (Å²) in [5.74, 6) is -0.264. The molecule has 0 spiro atoms. The van der Waals surface area contributed by atoms with E-state index in [1.165, 1.54) is 4.90 Å². The SMILES string of the molecule is CCCCC1CN(CCC(F)(F)F)C(=O)CN1Cc1cncn1Cc1ccc(C#N)cc1.Cl.Cl. The molecule has 1 saturated heterocycles. The van der Waals surface area contributed by atoms with Gasteiger partial charge in [-0.05, 0) is 24.1 Å². The minimum atomic E-state index is -4.27. The number of rotatable bonds is 9. The first-order valence-corrected chi connectivity index (χ1v) is 10.9. The number of benzene rings is 1. The predicted octanol–water partition coefficient (Wildman–Crippen LogP) is 4.80. The highest BCUT2D eigenvalue weighted by Crippen LogP contribution is 2.24. The summed E-state index contributed by atoms with van der Waals surface area (Å²) in [6.45, 7) is 3.30. The molecule has 0 saturated carbocycles. The van der Waals surface area contributed by atoms with E-state index in [-0.39, 0.29) is 49.9 Å². The molecule has 1 amide bonds. The van der Waals surface area contributed by atoms with Crippen LogP contribution in [0.5, 0.6) is 0 Å². The summed E-state index contributed by atoms with van der Waals surface area (Å²) in [4.78, 5) is 20.3. The summed E-state index contributed by atoms with van der Waals surface area (Å²) in [6, 6.07) is 9.45. The molecule has 1 unspecified atom stereocenters. The van der Waals surface area contributed by atoms with Crippen LogP contribution < -0.4 is 0 Å². The number of alkyl halides is 3. The van der Waals surface area contributed by atoms with Crippen LogP contribution in [0.2, 0.25) is 0 Å². The van der Waals surface area contributed by atoms with Gasteiger partial charge < -0.3 is 9.47 Å². The van der Waals surface area contributed by atoms with Gasteiger partial charge in [-0.25, -0.2) is 4.98 Å². The van der Waals surface area contributed by atoms with E-state index in [2.05, 4.69) is 22.9 Å². The Kier molecular flexibility index (Phi) is 11.9. The molecule has 0 aliphatic carbocycles. The number of nitriles is 1. The van der Waals surface area contributed by atoms with Crippen molar-refractivity contribution >= 4 is 30.7 Å². The van der Waals surface area contributed by atoms with Gasteiger partial charge in [-0.3, -0.25) is 9.69 Å². The van der Waals surface area contributed by atoms with E-state index in [1.807, 2.05) is 16.7 Å². The van der Waals surface area contributed by atoms with Crippen molar-refractivity contribution in [3.63, 3.8) is 0 Å². The van der Waals surface area contributed by atoms with Gasteiger partial charge in [0, 0.05) is 38.4 Å². The molecular weight excluding hydrogens is 490 g/mol. The van der Waals surface area contributed by atoms with Crippen molar-refractivity contribution in [2.75, 3.05) is 19.6 Å². The van der Waals surface area contributed by atoms with Gasteiger partial charge in [-0.2, -0.15) is 18.4 Å². The molecule has 11 heteroatoms. The van der Waals surface area contributed by atoms with E-state index in [0.717, 1.165) is 30.5 Å². The number of imidazole rings is 1. The monoisotopic (exact) mass is 519 g/mol. The highest BCUT2D eigenvalue weighted by atomic mass is 35.5. The summed E-state index contributed by atoms with van der Waals surface area (Å²) >= 11 is 0. The van der Waals surface area contributed by atoms with Crippen LogP contribution in [0.4, 0.5) is 13.2 Å². The second-order valence-electron chi connectivity index (χ2n) is 8.23. The van der Waals surface area contributed by atoms with Gasteiger partial charge in [0.15, 0.2) is 0 Å². The number of hydrogen-bond donors (Lipinski definition) is 0. The van der Waals surface area contributed by atoms with Crippen LogP contribution in [0.1, 0.15) is 49.4 Å². The quantitative estimate of drug-likeness (QED) is 0.477. The molecule has 34 heavy (non-hydrogen) atoms. The molecule has 188 valence electrons. The van der Waals surface area contributed by atoms with Crippen molar-refractivity contribution in [1.82, 2.24) is 19.4 Å². The fraction of sp³-hybridized carbons (Fsp3) is 0.522. The topological polar surface area (TPSA) is 65.2 Å². The zero-order valence-corrected chi connectivity index (χ0v) is 20.6. The average molecular weight is 520 g/mol. The minimum Gasteiger partial charge on any atom is -0.340 e. The highest BCUT2D eigenvalue weighted by molar-refractivity contribution is 5.85. The van der Waals surface area contributed by atoms with Crippen LogP contribution in [0.15, 0.2) is 36.8 Å². The van der Waals surface area contributed by atoms with Gasteiger partial charge in [-0.15, -0.1) is 24.8 Å². The summed E-state index contributed by atoms with van der Waals surface area (Å²) in [5, 5.41) is 8.95. The van der Waals surface area contributed by atoms with Gasteiger partial charge in [0.25, 0.3) is 0 Å². The van der Waals surface area contributed by atoms with E-state index < -0.39 is 12.6 Å². The number of amides is 1. The van der Waals surface area contributed by atoms with Crippen LogP contribution in [0, 0.1) is 11.3 Å². The molecule has 0 radical (unpaired) electrons. The number of hydrogen-bond acceptors (Lipinski definition) is 4. The maximum Gasteiger partial charge on any atom is 0.390 e. The van der Waals surface area contributed by atoms with Crippen molar-refractivity contribution in [3.8, 4) is 6.07 Å². The zero-order chi connectivity index (χ0) is 23.1. The maximum atomic E-state index is 12.7. The fourth-order valence-corrected chi connectivity index (χ4v) is 3.96. The first-order valence-electron chi connectivity index (χ1n) is 10.9. The van der Waals surface area contributed by atoms with Gasteiger partial charge in [0.1, 0.15) is 0 Å². The Morgan fingerprint density at radius 1 is 1.18 bits per heavy atom. The number of aromatic nitrogens is 2. The van der Waals surface area contributed by atoms with Crippen LogP contribution in [-0.4, -0.2) is 57.1 Å². The van der Waals surface area contributed by atoms with Crippen molar-refractivity contribution in [2.24, 2.45) is 0 Å². The normalized spacial score (nSPS) is 16.5. The number of piperazine rings is 1. The molecule has 6 nitrogen and oxygen atoms in total. The van der Waals surface area contributed by atoms with E-state index in [1.54, 1.807) is 24.7 Å². The Hall–Kier alpha value is -2.28. The van der Waals surface area contributed by atoms with Gasteiger partial charge >= 0.3 is 6.18 Å². The number of nitrogens with zero attached hydrogens (tertiary/aromatic N) is 5. The molecule has 1 aliphatic heterocycles. The molecule has 1 fully saturated rings.